The predicted molar refractivity (Wildman–Crippen MR) is 273 cm³/mol. The molecule has 3 unspecified atom stereocenters. The van der Waals surface area contributed by atoms with E-state index < -0.39 is 18.2 Å². The second kappa shape index (κ2) is 49.0. The molecular formula is C57H91NO5. The molecule has 0 aliphatic carbocycles. The van der Waals surface area contributed by atoms with Gasteiger partial charge in [0, 0.05) is 6.42 Å². The Labute approximate surface area is 386 Å². The molecule has 0 spiro atoms. The van der Waals surface area contributed by atoms with Gasteiger partial charge in [0.2, 0.25) is 5.91 Å². The second-order valence-electron chi connectivity index (χ2n) is 16.2. The number of carbonyl (C=O) groups is 2. The summed E-state index contributed by atoms with van der Waals surface area (Å²) in [6.45, 7) is 6.16. The van der Waals surface area contributed by atoms with Gasteiger partial charge in [-0.05, 0) is 76.7 Å². The van der Waals surface area contributed by atoms with Crippen molar-refractivity contribution in [2.24, 2.45) is 0 Å². The number of aliphatic hydroxyl groups is 2. The normalized spacial score (nSPS) is 14.4. The predicted octanol–water partition coefficient (Wildman–Crippen LogP) is 15.1. The smallest absolute Gasteiger partial charge is 0.306 e. The highest BCUT2D eigenvalue weighted by molar-refractivity contribution is 5.78. The van der Waals surface area contributed by atoms with Gasteiger partial charge < -0.3 is 20.3 Å². The van der Waals surface area contributed by atoms with Gasteiger partial charge in [-0.1, -0.05) is 232 Å². The lowest BCUT2D eigenvalue weighted by Crippen LogP contribution is -2.46. The van der Waals surface area contributed by atoms with E-state index in [4.69, 9.17) is 4.74 Å². The molecule has 0 aromatic carbocycles. The van der Waals surface area contributed by atoms with Crippen LogP contribution in [0.5, 0.6) is 0 Å². The summed E-state index contributed by atoms with van der Waals surface area (Å²) in [5.74, 6) is -0.695. The molecule has 0 aliphatic rings. The molecule has 0 saturated carbocycles. The molecule has 0 bridgehead atoms. The standard InChI is InChI=1S/C57H91NO5/c1-4-7-10-13-16-19-22-25-27-28-30-31-33-36-39-42-45-48-53(63-57(62)50-47-44-41-38-35-32-29-26-23-20-17-14-11-8-5-2)51-56(61)58-54(52-59)55(60)49-46-43-40-37-34-24-21-18-15-12-9-6-3/h7-8,10-11,14,16-17,19-20,23,25-27,29-32,35-36,39,45,48,53-55,59-60H,4-6,9,12-13,15,18,21-22,24,28,33-34,37-38,40-44,46-47,49-52H2,1-3H3,(H,58,61)/b10-7-,11-8+,17-14+,19-16-,23-20-,27-25-,29-26-,31-30-,35-32+,39-36-,48-45-. The number of aliphatic hydroxyl groups excluding tert-OH is 2. The third-order valence-corrected chi connectivity index (χ3v) is 10.3. The van der Waals surface area contributed by atoms with Crippen LogP contribution < -0.4 is 5.32 Å². The quantitative estimate of drug-likeness (QED) is 0.0246. The maximum Gasteiger partial charge on any atom is 0.306 e. The lowest BCUT2D eigenvalue weighted by Gasteiger charge is -2.23. The van der Waals surface area contributed by atoms with Crippen LogP contribution in [0.1, 0.15) is 188 Å². The van der Waals surface area contributed by atoms with E-state index in [-0.39, 0.29) is 31.3 Å². The van der Waals surface area contributed by atoms with Crippen molar-refractivity contribution in [2.45, 2.75) is 206 Å². The molecule has 6 nitrogen and oxygen atoms in total. The van der Waals surface area contributed by atoms with Crippen molar-refractivity contribution < 1.29 is 24.5 Å². The molecule has 0 aromatic heterocycles. The maximum absolute atomic E-state index is 13.2. The van der Waals surface area contributed by atoms with E-state index in [1.54, 1.807) is 6.08 Å². The summed E-state index contributed by atoms with van der Waals surface area (Å²) in [4.78, 5) is 26.1. The summed E-state index contributed by atoms with van der Waals surface area (Å²) >= 11 is 0. The molecule has 0 aliphatic heterocycles. The van der Waals surface area contributed by atoms with Gasteiger partial charge in [-0.3, -0.25) is 9.59 Å². The van der Waals surface area contributed by atoms with Crippen LogP contribution in [0.2, 0.25) is 0 Å². The van der Waals surface area contributed by atoms with Gasteiger partial charge in [0.25, 0.3) is 0 Å². The lowest BCUT2D eigenvalue weighted by atomic mass is 10.0. The van der Waals surface area contributed by atoms with Crippen LogP contribution >= 0.6 is 0 Å². The largest absolute Gasteiger partial charge is 0.458 e. The first-order valence-corrected chi connectivity index (χ1v) is 25.0. The van der Waals surface area contributed by atoms with Crippen molar-refractivity contribution in [2.75, 3.05) is 6.61 Å². The van der Waals surface area contributed by atoms with Crippen LogP contribution in [0.3, 0.4) is 0 Å². The Hall–Kier alpha value is -4.00. The number of rotatable bonds is 42. The Balaban J connectivity index is 4.90. The zero-order chi connectivity index (χ0) is 45.9. The molecule has 1 amide bonds. The van der Waals surface area contributed by atoms with Crippen molar-refractivity contribution in [3.63, 3.8) is 0 Å². The third kappa shape index (κ3) is 44.4. The zero-order valence-electron chi connectivity index (χ0n) is 40.1. The van der Waals surface area contributed by atoms with Crippen LogP contribution in [0.4, 0.5) is 0 Å². The number of hydrogen-bond donors (Lipinski definition) is 3. The SMILES string of the molecule is CC/C=C\C/C=C\C/C=C\C/C=C\C/C=C\C/C=C\C(CC(=O)NC(CO)C(O)CCCCCCCCCCCCCC)OC(=O)CCCCC/C=C/C=C\C=C/C=C/C=C/CC. The highest BCUT2D eigenvalue weighted by Gasteiger charge is 2.23. The van der Waals surface area contributed by atoms with Crippen LogP contribution in [-0.4, -0.2) is 46.9 Å². The molecule has 0 fully saturated rings. The number of hydrogen-bond acceptors (Lipinski definition) is 5. The van der Waals surface area contributed by atoms with E-state index in [9.17, 15) is 19.8 Å². The van der Waals surface area contributed by atoms with E-state index in [1.165, 1.54) is 57.8 Å². The third-order valence-electron chi connectivity index (χ3n) is 10.3. The number of allylic oxidation sites excluding steroid dienone is 21. The van der Waals surface area contributed by atoms with Gasteiger partial charge in [0.05, 0.1) is 25.2 Å². The number of nitrogens with one attached hydrogen (secondary N) is 1. The van der Waals surface area contributed by atoms with Gasteiger partial charge in [0.1, 0.15) is 6.10 Å². The average molecular weight is 870 g/mol. The topological polar surface area (TPSA) is 95.9 Å². The fourth-order valence-electron chi connectivity index (χ4n) is 6.62. The van der Waals surface area contributed by atoms with E-state index in [0.717, 1.165) is 77.0 Å². The Bertz CT molecular complexity index is 1390. The summed E-state index contributed by atoms with van der Waals surface area (Å²) in [5.41, 5.74) is 0. The van der Waals surface area contributed by atoms with Gasteiger partial charge in [-0.2, -0.15) is 0 Å². The number of unbranched alkanes of at least 4 members (excludes halogenated alkanes) is 14. The minimum atomic E-state index is -0.836. The van der Waals surface area contributed by atoms with Crippen molar-refractivity contribution in [1.29, 1.82) is 0 Å². The zero-order valence-corrected chi connectivity index (χ0v) is 40.1. The van der Waals surface area contributed by atoms with Crippen molar-refractivity contribution >= 4 is 11.9 Å². The maximum atomic E-state index is 13.2. The molecule has 3 atom stereocenters. The first kappa shape index (κ1) is 59.0. The monoisotopic (exact) mass is 870 g/mol. The van der Waals surface area contributed by atoms with Crippen molar-refractivity contribution in [3.8, 4) is 0 Å². The highest BCUT2D eigenvalue weighted by atomic mass is 16.5. The fraction of sp³-hybridized carbons (Fsp3) is 0.579. The summed E-state index contributed by atoms with van der Waals surface area (Å²) in [5, 5.41) is 23.7. The second-order valence-corrected chi connectivity index (χ2v) is 16.2. The van der Waals surface area contributed by atoms with Crippen LogP contribution in [0.25, 0.3) is 0 Å². The van der Waals surface area contributed by atoms with Crippen molar-refractivity contribution in [3.05, 3.63) is 134 Å². The minimum absolute atomic E-state index is 0.0740. The molecule has 63 heavy (non-hydrogen) atoms. The number of ether oxygens (including phenoxy) is 1. The van der Waals surface area contributed by atoms with E-state index in [2.05, 4.69) is 99.0 Å². The molecule has 0 radical (unpaired) electrons. The summed E-state index contributed by atoms with van der Waals surface area (Å²) < 4.78 is 5.80. The molecule has 0 rings (SSSR count). The van der Waals surface area contributed by atoms with Crippen LogP contribution in [-0.2, 0) is 14.3 Å². The number of carbonyl (C=O) groups excluding carboxylic acids is 2. The first-order chi connectivity index (χ1) is 31.0. The Kier molecular flexibility index (Phi) is 45.9. The van der Waals surface area contributed by atoms with E-state index in [1.807, 2.05) is 54.7 Å². The Morgan fingerprint density at radius 2 is 0.952 bits per heavy atom. The fourth-order valence-corrected chi connectivity index (χ4v) is 6.62. The molecule has 3 N–H and O–H groups in total. The van der Waals surface area contributed by atoms with E-state index >= 15 is 0 Å². The number of esters is 1. The van der Waals surface area contributed by atoms with Gasteiger partial charge >= 0.3 is 5.97 Å². The molecule has 0 aromatic rings. The van der Waals surface area contributed by atoms with Gasteiger partial charge in [-0.25, -0.2) is 0 Å². The van der Waals surface area contributed by atoms with Crippen LogP contribution in [0.15, 0.2) is 134 Å². The molecular weight excluding hydrogens is 779 g/mol. The molecule has 354 valence electrons. The molecule has 0 saturated heterocycles. The van der Waals surface area contributed by atoms with Crippen molar-refractivity contribution in [1.82, 2.24) is 5.32 Å². The molecule has 6 heteroatoms. The number of amides is 1. The highest BCUT2D eigenvalue weighted by Crippen LogP contribution is 2.15. The Morgan fingerprint density at radius 1 is 0.508 bits per heavy atom. The van der Waals surface area contributed by atoms with Gasteiger partial charge in [0.15, 0.2) is 0 Å². The van der Waals surface area contributed by atoms with Crippen LogP contribution in [0, 0.1) is 0 Å². The summed E-state index contributed by atoms with van der Waals surface area (Å²) in [6.07, 6.45) is 69.6. The minimum Gasteiger partial charge on any atom is -0.458 e. The first-order valence-electron chi connectivity index (χ1n) is 25.0. The Morgan fingerprint density at radius 3 is 1.46 bits per heavy atom. The lowest BCUT2D eigenvalue weighted by molar-refractivity contribution is -0.148. The van der Waals surface area contributed by atoms with E-state index in [0.29, 0.717) is 19.3 Å². The summed E-state index contributed by atoms with van der Waals surface area (Å²) in [7, 11) is 0. The average Bonchev–Trinajstić information content (AvgIpc) is 3.28. The molecule has 0 heterocycles. The van der Waals surface area contributed by atoms with Gasteiger partial charge in [-0.15, -0.1) is 0 Å². The summed E-state index contributed by atoms with van der Waals surface area (Å²) in [6, 6.07) is -0.761.